The highest BCUT2D eigenvalue weighted by atomic mass is 16.3. The number of aromatic amines is 3. The molecule has 1 amide bonds. The lowest BCUT2D eigenvalue weighted by molar-refractivity contribution is -0.121. The van der Waals surface area contributed by atoms with Gasteiger partial charge in [-0.2, -0.15) is 5.10 Å². The first-order valence-corrected chi connectivity index (χ1v) is 23.1. The Balaban J connectivity index is 1.03. The fourth-order valence-corrected chi connectivity index (χ4v) is 9.65. The zero-order chi connectivity index (χ0) is 47.5. The number of carbonyl (C=O) groups is 1. The summed E-state index contributed by atoms with van der Waals surface area (Å²) in [4.78, 5) is 22.4. The minimum atomic E-state index is -0.0710. The van der Waals surface area contributed by atoms with Gasteiger partial charge in [0, 0.05) is 97.3 Å². The van der Waals surface area contributed by atoms with E-state index in [0.717, 1.165) is 95.2 Å². The van der Waals surface area contributed by atoms with Crippen LogP contribution in [-0.2, 0) is 4.79 Å². The Morgan fingerprint density at radius 3 is 2.46 bits per heavy atom. The van der Waals surface area contributed by atoms with Crippen molar-refractivity contribution in [2.45, 2.75) is 40.2 Å². The molecule has 342 valence electrons. The van der Waals surface area contributed by atoms with E-state index in [1.165, 1.54) is 11.1 Å². The van der Waals surface area contributed by atoms with Gasteiger partial charge < -0.3 is 40.1 Å². The van der Waals surface area contributed by atoms with Gasteiger partial charge in [-0.15, -0.1) is 0 Å². The Labute approximate surface area is 398 Å². The van der Waals surface area contributed by atoms with Crippen molar-refractivity contribution >= 4 is 61.2 Å². The van der Waals surface area contributed by atoms with E-state index in [-0.39, 0.29) is 17.5 Å². The second-order valence-corrected chi connectivity index (χ2v) is 18.4. The first-order chi connectivity index (χ1) is 33.5. The summed E-state index contributed by atoms with van der Waals surface area (Å²) in [6, 6.07) is 29.2. The molecule has 8 N–H and O–H groups in total. The maximum Gasteiger partial charge on any atom is 0.224 e. The molecule has 2 aliphatic rings. The van der Waals surface area contributed by atoms with E-state index in [1.807, 2.05) is 81.6 Å². The van der Waals surface area contributed by atoms with E-state index in [0.29, 0.717) is 40.7 Å². The number of furan rings is 2. The molecule has 0 spiro atoms. The van der Waals surface area contributed by atoms with Crippen LogP contribution in [0.15, 0.2) is 167 Å². The molecule has 69 heavy (non-hydrogen) atoms. The summed E-state index contributed by atoms with van der Waals surface area (Å²) >= 11 is 0. The smallest absolute Gasteiger partial charge is 0.224 e. The molecule has 0 bridgehead atoms. The first kappa shape index (κ1) is 42.8. The topological polar surface area (TPSA) is 181 Å². The minimum Gasteiger partial charge on any atom is -0.472 e. The Morgan fingerprint density at radius 2 is 1.68 bits per heavy atom. The molecule has 7 heterocycles. The summed E-state index contributed by atoms with van der Waals surface area (Å²) in [5, 5.41) is 27.1. The molecule has 4 aromatic carbocycles. The predicted octanol–water partition coefficient (Wildman–Crippen LogP) is 12.5. The molecule has 9 aromatic rings. The minimum absolute atomic E-state index is 0.0710. The van der Waals surface area contributed by atoms with Gasteiger partial charge in [0.05, 0.1) is 53.7 Å². The highest BCUT2D eigenvalue weighted by Gasteiger charge is 2.33. The summed E-state index contributed by atoms with van der Waals surface area (Å²) in [6.45, 7) is 13.0. The molecule has 1 saturated heterocycles. The number of hydrogen-bond donors (Lipinski definition) is 7. The predicted molar refractivity (Wildman–Crippen MR) is 278 cm³/mol. The molecule has 1 atom stereocenters. The van der Waals surface area contributed by atoms with Crippen LogP contribution in [0.1, 0.15) is 56.5 Å². The zero-order valence-corrected chi connectivity index (χ0v) is 38.8. The first-order valence-electron chi connectivity index (χ1n) is 23.1. The zero-order valence-electron chi connectivity index (χ0n) is 38.8. The van der Waals surface area contributed by atoms with Crippen LogP contribution < -0.4 is 16.4 Å². The van der Waals surface area contributed by atoms with Gasteiger partial charge in [0.25, 0.3) is 0 Å². The molecule has 1 fully saturated rings. The summed E-state index contributed by atoms with van der Waals surface area (Å²) < 4.78 is 11.5. The summed E-state index contributed by atoms with van der Waals surface area (Å²) in [5.41, 5.74) is 24.3. The Hall–Kier alpha value is -8.77. The largest absolute Gasteiger partial charge is 0.472 e. The second-order valence-electron chi connectivity index (χ2n) is 18.4. The number of benzene rings is 4. The highest BCUT2D eigenvalue weighted by molar-refractivity contribution is 6.18. The molecule has 0 aliphatic carbocycles. The Morgan fingerprint density at radius 1 is 0.899 bits per heavy atom. The van der Waals surface area contributed by atoms with Gasteiger partial charge in [0.15, 0.2) is 0 Å². The monoisotopic (exact) mass is 909 g/mol. The Bertz CT molecular complexity index is 3660. The van der Waals surface area contributed by atoms with Crippen molar-refractivity contribution in [1.82, 2.24) is 35.7 Å². The van der Waals surface area contributed by atoms with Gasteiger partial charge in [0.2, 0.25) is 5.91 Å². The highest BCUT2D eigenvalue weighted by Crippen LogP contribution is 2.44. The molecular weight excluding hydrogens is 859 g/mol. The number of nitrogens with two attached hydrogens (primary N) is 1. The number of amides is 1. The van der Waals surface area contributed by atoms with Crippen molar-refractivity contribution < 1.29 is 13.6 Å². The molecule has 11 rings (SSSR count). The van der Waals surface area contributed by atoms with E-state index in [2.05, 4.69) is 92.8 Å². The van der Waals surface area contributed by atoms with Crippen LogP contribution in [0, 0.1) is 11.3 Å². The van der Waals surface area contributed by atoms with E-state index >= 15 is 0 Å². The lowest BCUT2D eigenvalue weighted by Crippen LogP contribution is -2.22. The molecule has 0 saturated carbocycles. The van der Waals surface area contributed by atoms with E-state index < -0.39 is 0 Å². The molecule has 1 unspecified atom stereocenters. The second kappa shape index (κ2) is 17.1. The summed E-state index contributed by atoms with van der Waals surface area (Å²) in [7, 11) is 0. The number of rotatable bonds is 14. The van der Waals surface area contributed by atoms with Crippen LogP contribution in [-0.4, -0.2) is 49.3 Å². The van der Waals surface area contributed by atoms with E-state index in [9.17, 15) is 10.2 Å². The number of carbonyl (C=O) groups excluding carboxylic acids is 1. The fourth-order valence-electron chi connectivity index (χ4n) is 9.65. The quantitative estimate of drug-likeness (QED) is 0.0245. The third-order valence-electron chi connectivity index (χ3n) is 13.1. The standard InChI is InChI=1S/C57H51N9O3/c1-6-60-25-37(19-33(5)61-54(67)17-31(2)3)36-21-43(55(58)45(22-36)56(59)52-23-41-39(35-15-16-68-28-35)9-7-11-49(41)62-52)48-30-69-29-47(48)40-10-8-12-50-42(40)24-53(63-50)57-44-20-34(13-14-51(44)64-65-57)46-27-66-26-38(66)18-32(46)4/h6-16,18-25,27-31,38,59-60,62-63H,1,17,26,58H2,2-5H3,(H,61,67)(H,64,65)/b33-19+,37-25+,59-56?. The lowest BCUT2D eigenvalue weighted by atomic mass is 9.89. The van der Waals surface area contributed by atoms with Gasteiger partial charge in [-0.1, -0.05) is 56.8 Å². The van der Waals surface area contributed by atoms with Crippen molar-refractivity contribution in [3.63, 3.8) is 0 Å². The van der Waals surface area contributed by atoms with Crippen molar-refractivity contribution in [2.75, 3.05) is 12.3 Å². The molecule has 12 heteroatoms. The van der Waals surface area contributed by atoms with Crippen LogP contribution in [0.3, 0.4) is 0 Å². The normalized spacial score (nSPS) is 14.9. The molecule has 5 aromatic heterocycles. The molecule has 12 nitrogen and oxygen atoms in total. The maximum atomic E-state index is 12.9. The van der Waals surface area contributed by atoms with Crippen molar-refractivity contribution in [3.8, 4) is 44.8 Å². The average Bonchev–Trinajstić information content (AvgIpc) is 4.02. The van der Waals surface area contributed by atoms with Crippen LogP contribution in [0.25, 0.3) is 88.6 Å². The van der Waals surface area contributed by atoms with Crippen molar-refractivity contribution in [2.24, 2.45) is 5.92 Å². The number of allylic oxidation sites excluding steroid dienone is 5. The van der Waals surface area contributed by atoms with Crippen molar-refractivity contribution in [1.29, 1.82) is 5.41 Å². The van der Waals surface area contributed by atoms with Gasteiger partial charge in [0.1, 0.15) is 5.69 Å². The number of anilines is 1. The van der Waals surface area contributed by atoms with Crippen LogP contribution in [0.4, 0.5) is 5.69 Å². The third-order valence-corrected chi connectivity index (χ3v) is 13.1. The number of H-pyrrole nitrogens is 3. The van der Waals surface area contributed by atoms with E-state index in [1.54, 1.807) is 31.3 Å². The lowest BCUT2D eigenvalue weighted by Gasteiger charge is -2.17. The number of aromatic nitrogens is 4. The summed E-state index contributed by atoms with van der Waals surface area (Å²) in [6.07, 6.45) is 17.1. The van der Waals surface area contributed by atoms with Crippen LogP contribution in [0.5, 0.6) is 0 Å². The van der Waals surface area contributed by atoms with E-state index in [4.69, 9.17) is 19.7 Å². The van der Waals surface area contributed by atoms with Gasteiger partial charge in [-0.05, 0) is 120 Å². The summed E-state index contributed by atoms with van der Waals surface area (Å²) in [5.74, 6) is 0.128. The number of nitrogens with one attached hydrogen (secondary N) is 6. The van der Waals surface area contributed by atoms with Crippen LogP contribution in [0.2, 0.25) is 0 Å². The van der Waals surface area contributed by atoms with Crippen LogP contribution >= 0.6 is 0 Å². The number of nitrogen functional groups attached to an aromatic ring is 1. The SMILES string of the molecule is C=CN/C=C(\C=C(/C)NC(=O)CC(C)C)c1cc(C(=N)c2cc3c(-c4ccoc4)cccc3[nH]2)c(N)c(-c2cocc2-c2cccc3[nH]c(-c4n[nH]c5ccc(C6=CN7CC7C=C6C)cc45)cc23)c1. The molecular formula is C57H51N9O3. The third kappa shape index (κ3) is 7.95. The fraction of sp³-hybridized carbons (Fsp3) is 0.140. The molecule has 0 radical (unpaired) electrons. The van der Waals surface area contributed by atoms with Crippen molar-refractivity contribution in [3.05, 3.63) is 181 Å². The van der Waals surface area contributed by atoms with Gasteiger partial charge >= 0.3 is 0 Å². The average molecular weight is 910 g/mol. The maximum absolute atomic E-state index is 12.9. The number of hydrogen-bond acceptors (Lipinski definition) is 8. The molecule has 2 aliphatic heterocycles. The van der Waals surface area contributed by atoms with Gasteiger partial charge in [-0.25, -0.2) is 0 Å². The van der Waals surface area contributed by atoms with Gasteiger partial charge in [-0.3, -0.25) is 15.3 Å². The number of fused-ring (bicyclic) bond motifs is 4. The Kier molecular flexibility index (Phi) is 10.6. The number of nitrogens with zero attached hydrogens (tertiary/aromatic N) is 2.